The number of nitrogens with zero attached hydrogens (tertiary/aromatic N) is 1. The van der Waals surface area contributed by atoms with Gasteiger partial charge in [0.15, 0.2) is 0 Å². The number of benzene rings is 3. The van der Waals surface area contributed by atoms with E-state index >= 15 is 0 Å². The Bertz CT molecular complexity index is 1240. The fourth-order valence-electron chi connectivity index (χ4n) is 3.31. The van der Waals surface area contributed by atoms with Crippen molar-refractivity contribution in [3.63, 3.8) is 0 Å². The van der Waals surface area contributed by atoms with Crippen molar-refractivity contribution in [2.45, 2.75) is 13.1 Å². The third kappa shape index (κ3) is 3.01. The number of halogens is 3. The van der Waals surface area contributed by atoms with Crippen molar-refractivity contribution < 1.29 is 24.1 Å². The van der Waals surface area contributed by atoms with Gasteiger partial charge in [0.2, 0.25) is 0 Å². The second kappa shape index (κ2) is 6.71. The minimum Gasteiger partial charge on any atom is -0.462 e. The Morgan fingerprint density at radius 1 is 1.04 bits per heavy atom. The molecule has 0 aliphatic carbocycles. The molecule has 0 radical (unpaired) electrons. The van der Waals surface area contributed by atoms with Crippen LogP contribution in [0.4, 0.5) is 13.2 Å². The summed E-state index contributed by atoms with van der Waals surface area (Å²) in [6.07, 6.45) is -4.51. The summed E-state index contributed by atoms with van der Waals surface area (Å²) in [5, 5.41) is 1.58. The molecule has 1 aromatic heterocycles. The molecule has 0 N–H and O–H groups in total. The highest BCUT2D eigenvalue weighted by Crippen LogP contribution is 2.34. The van der Waals surface area contributed by atoms with Crippen molar-refractivity contribution in [1.82, 2.24) is 4.57 Å². The zero-order valence-electron chi connectivity index (χ0n) is 15.9. The standard InChI is InChI=1S/C22H16F3NO2/c1-2-28-21(27)14-7-12-20-18(13-14)17-5-3-4-6-19(17)26(20)16-10-8-15(9-11-16)22(23,24)25/h3-13H,2H2,1H3/i10D. The number of hydrogen-bond donors (Lipinski definition) is 0. The van der Waals surface area contributed by atoms with Crippen molar-refractivity contribution >= 4 is 27.8 Å². The first-order chi connectivity index (χ1) is 13.8. The van der Waals surface area contributed by atoms with Crippen LogP contribution in [0.25, 0.3) is 27.5 Å². The van der Waals surface area contributed by atoms with Gasteiger partial charge in [0, 0.05) is 16.5 Å². The predicted molar refractivity (Wildman–Crippen MR) is 102 cm³/mol. The van der Waals surface area contributed by atoms with Crippen molar-refractivity contribution in [3.8, 4) is 5.69 Å². The molecule has 0 aliphatic heterocycles. The molecule has 4 rings (SSSR count). The molecule has 0 aliphatic rings. The quantitative estimate of drug-likeness (QED) is 0.407. The van der Waals surface area contributed by atoms with Gasteiger partial charge in [-0.1, -0.05) is 18.2 Å². The molecule has 0 saturated carbocycles. The molecule has 0 spiro atoms. The molecule has 6 heteroatoms. The van der Waals surface area contributed by atoms with Gasteiger partial charge >= 0.3 is 12.1 Å². The van der Waals surface area contributed by atoms with E-state index in [-0.39, 0.29) is 12.6 Å². The first-order valence-electron chi connectivity index (χ1n) is 9.20. The number of fused-ring (bicyclic) bond motifs is 3. The molecule has 28 heavy (non-hydrogen) atoms. The van der Waals surface area contributed by atoms with Crippen molar-refractivity contribution in [2.24, 2.45) is 0 Å². The van der Waals surface area contributed by atoms with Crippen LogP contribution >= 0.6 is 0 Å². The molecule has 4 aromatic rings. The highest BCUT2D eigenvalue weighted by Gasteiger charge is 2.30. The highest BCUT2D eigenvalue weighted by atomic mass is 19.4. The van der Waals surface area contributed by atoms with Gasteiger partial charge in [0.25, 0.3) is 0 Å². The van der Waals surface area contributed by atoms with Crippen LogP contribution in [0.3, 0.4) is 0 Å². The lowest BCUT2D eigenvalue weighted by molar-refractivity contribution is -0.137. The maximum atomic E-state index is 13.0. The third-order valence-corrected chi connectivity index (χ3v) is 4.55. The summed E-state index contributed by atoms with van der Waals surface area (Å²) in [7, 11) is 0. The second-order valence-corrected chi connectivity index (χ2v) is 6.27. The Kier molecular flexibility index (Phi) is 4.04. The lowest BCUT2D eigenvalue weighted by atomic mass is 10.1. The summed E-state index contributed by atoms with van der Waals surface area (Å²) < 4.78 is 54.0. The van der Waals surface area contributed by atoms with E-state index in [0.29, 0.717) is 16.8 Å². The van der Waals surface area contributed by atoms with E-state index in [1.54, 1.807) is 29.7 Å². The predicted octanol–water partition coefficient (Wildman–Crippen LogP) is 5.98. The van der Waals surface area contributed by atoms with Gasteiger partial charge in [-0.05, 0) is 55.4 Å². The van der Waals surface area contributed by atoms with Gasteiger partial charge in [0.05, 0.1) is 30.1 Å². The fourth-order valence-corrected chi connectivity index (χ4v) is 3.31. The van der Waals surface area contributed by atoms with Gasteiger partial charge in [-0.25, -0.2) is 4.79 Å². The Morgan fingerprint density at radius 2 is 1.79 bits per heavy atom. The average molecular weight is 384 g/mol. The molecule has 142 valence electrons. The molecule has 0 amide bonds. The lowest BCUT2D eigenvalue weighted by Crippen LogP contribution is -2.05. The number of hydrogen-bond acceptors (Lipinski definition) is 2. The topological polar surface area (TPSA) is 31.2 Å². The first-order valence-corrected chi connectivity index (χ1v) is 8.70. The van der Waals surface area contributed by atoms with Crippen LogP contribution in [0, 0.1) is 0 Å². The van der Waals surface area contributed by atoms with Crippen LogP contribution in [0.15, 0.2) is 66.7 Å². The Morgan fingerprint density at radius 3 is 2.50 bits per heavy atom. The average Bonchev–Trinajstić information content (AvgIpc) is 3.01. The third-order valence-electron chi connectivity index (χ3n) is 4.55. The second-order valence-electron chi connectivity index (χ2n) is 6.27. The maximum Gasteiger partial charge on any atom is 0.416 e. The van der Waals surface area contributed by atoms with E-state index in [1.165, 1.54) is 6.07 Å². The first kappa shape index (κ1) is 16.9. The van der Waals surface area contributed by atoms with Crippen molar-refractivity contribution in [1.29, 1.82) is 0 Å². The van der Waals surface area contributed by atoms with Crippen LogP contribution in [-0.2, 0) is 10.9 Å². The van der Waals surface area contributed by atoms with Crippen LogP contribution in [0.2, 0.25) is 0 Å². The van der Waals surface area contributed by atoms with Crippen LogP contribution < -0.4 is 0 Å². The van der Waals surface area contributed by atoms with Crippen molar-refractivity contribution in [2.75, 3.05) is 6.61 Å². The Labute approximate surface area is 160 Å². The number of carbonyl (C=O) groups is 1. The fraction of sp³-hybridized carbons (Fsp3) is 0.136. The number of carbonyl (C=O) groups excluding carboxylic acids is 1. The van der Waals surface area contributed by atoms with Gasteiger partial charge in [0.1, 0.15) is 0 Å². The summed E-state index contributed by atoms with van der Waals surface area (Å²) in [5.74, 6) is -0.443. The van der Waals surface area contributed by atoms with E-state index in [0.717, 1.165) is 28.4 Å². The number of alkyl halides is 3. The molecule has 1 heterocycles. The van der Waals surface area contributed by atoms with E-state index in [4.69, 9.17) is 6.11 Å². The molecule has 0 bridgehead atoms. The highest BCUT2D eigenvalue weighted by molar-refractivity contribution is 6.11. The number of para-hydroxylation sites is 1. The molecular weight excluding hydrogens is 367 g/mol. The zero-order chi connectivity index (χ0) is 20.8. The number of esters is 1. The maximum absolute atomic E-state index is 13.0. The molecule has 3 aromatic carbocycles. The molecule has 3 nitrogen and oxygen atoms in total. The molecule has 0 atom stereocenters. The molecule has 0 unspecified atom stereocenters. The summed E-state index contributed by atoms with van der Waals surface area (Å²) in [6, 6.07) is 15.3. The largest absolute Gasteiger partial charge is 0.462 e. The van der Waals surface area contributed by atoms with Crippen LogP contribution in [0.1, 0.15) is 24.2 Å². The van der Waals surface area contributed by atoms with Gasteiger partial charge in [-0.3, -0.25) is 0 Å². The summed E-state index contributed by atoms with van der Waals surface area (Å²) in [6.45, 7) is 1.98. The lowest BCUT2D eigenvalue weighted by Gasteiger charge is -2.11. The van der Waals surface area contributed by atoms with Gasteiger partial charge < -0.3 is 9.30 Å². The molecule has 0 saturated heterocycles. The summed E-state index contributed by atoms with van der Waals surface area (Å²) >= 11 is 0. The van der Waals surface area contributed by atoms with E-state index in [9.17, 15) is 18.0 Å². The Balaban J connectivity index is 1.98. The number of aromatic nitrogens is 1. The smallest absolute Gasteiger partial charge is 0.416 e. The summed E-state index contributed by atoms with van der Waals surface area (Å²) in [4.78, 5) is 12.1. The molecule has 0 fully saturated rings. The van der Waals surface area contributed by atoms with E-state index in [1.807, 2.05) is 24.3 Å². The minimum atomic E-state index is -4.51. The monoisotopic (exact) mass is 384 g/mol. The SMILES string of the molecule is [2H]c1cc(C(F)(F)F)ccc1-n1c2ccccc2c2cc(C(=O)OCC)ccc21. The number of ether oxygens (including phenoxy) is 1. The Hall–Kier alpha value is -3.28. The number of rotatable bonds is 3. The van der Waals surface area contributed by atoms with Crippen LogP contribution in [0.5, 0.6) is 0 Å². The minimum absolute atomic E-state index is 0.239. The van der Waals surface area contributed by atoms with Crippen LogP contribution in [-0.4, -0.2) is 17.1 Å². The zero-order valence-corrected chi connectivity index (χ0v) is 14.9. The molecular formula is C22H16F3NO2. The summed E-state index contributed by atoms with van der Waals surface area (Å²) in [5.41, 5.74) is 1.27. The van der Waals surface area contributed by atoms with Crippen molar-refractivity contribution in [3.05, 3.63) is 77.8 Å². The van der Waals surface area contributed by atoms with E-state index < -0.39 is 17.7 Å². The van der Waals surface area contributed by atoms with E-state index in [2.05, 4.69) is 0 Å². The van der Waals surface area contributed by atoms with Gasteiger partial charge in [-0.15, -0.1) is 0 Å². The van der Waals surface area contributed by atoms with Gasteiger partial charge in [-0.2, -0.15) is 13.2 Å². The normalized spacial score (nSPS) is 12.4.